The number of nitrogen functional groups attached to an aromatic ring is 1. The zero-order valence-electron chi connectivity index (χ0n) is 9.94. The fourth-order valence-corrected chi connectivity index (χ4v) is 2.06. The Hall–Kier alpha value is -1.32. The van der Waals surface area contributed by atoms with Crippen LogP contribution in [0.1, 0.15) is 38.2 Å². The van der Waals surface area contributed by atoms with Crippen LogP contribution in [0.15, 0.2) is 6.20 Å². The van der Waals surface area contributed by atoms with E-state index in [4.69, 9.17) is 10.5 Å². The lowest BCUT2D eigenvalue weighted by molar-refractivity contribution is 0.129. The minimum Gasteiger partial charge on any atom is -0.474 e. The smallest absolute Gasteiger partial charge is 0.223 e. The quantitative estimate of drug-likeness (QED) is 0.832. The molecule has 1 saturated carbocycles. The summed E-state index contributed by atoms with van der Waals surface area (Å²) >= 11 is 0. The van der Waals surface area contributed by atoms with Crippen LogP contribution in [0.4, 0.5) is 5.95 Å². The highest BCUT2D eigenvalue weighted by molar-refractivity contribution is 5.28. The number of rotatable bonds is 2. The number of aromatic nitrogens is 2. The van der Waals surface area contributed by atoms with Crippen LogP contribution in [-0.4, -0.2) is 16.1 Å². The van der Waals surface area contributed by atoms with Crippen LogP contribution in [-0.2, 0) is 0 Å². The summed E-state index contributed by atoms with van der Waals surface area (Å²) in [5.74, 6) is 1.76. The highest BCUT2D eigenvalue weighted by Crippen LogP contribution is 2.27. The minimum atomic E-state index is 0.282. The second-order valence-corrected chi connectivity index (χ2v) is 4.72. The van der Waals surface area contributed by atoms with Crippen LogP contribution >= 0.6 is 0 Å². The number of nitrogens with two attached hydrogens (primary N) is 1. The van der Waals surface area contributed by atoms with Crippen molar-refractivity contribution in [3.05, 3.63) is 11.8 Å². The van der Waals surface area contributed by atoms with Crippen molar-refractivity contribution in [1.82, 2.24) is 9.97 Å². The monoisotopic (exact) mass is 221 g/mol. The molecule has 0 atom stereocenters. The van der Waals surface area contributed by atoms with Crippen molar-refractivity contribution in [2.45, 2.75) is 45.6 Å². The summed E-state index contributed by atoms with van der Waals surface area (Å²) in [5, 5.41) is 0. The van der Waals surface area contributed by atoms with Crippen molar-refractivity contribution in [2.24, 2.45) is 5.92 Å². The third kappa shape index (κ3) is 2.62. The van der Waals surface area contributed by atoms with Crippen molar-refractivity contribution < 1.29 is 4.74 Å². The molecular weight excluding hydrogens is 202 g/mol. The number of hydrogen-bond acceptors (Lipinski definition) is 4. The van der Waals surface area contributed by atoms with Gasteiger partial charge in [-0.1, -0.05) is 6.92 Å². The van der Waals surface area contributed by atoms with Crippen molar-refractivity contribution in [2.75, 3.05) is 5.73 Å². The summed E-state index contributed by atoms with van der Waals surface area (Å²) in [5.41, 5.74) is 6.50. The van der Waals surface area contributed by atoms with E-state index in [9.17, 15) is 0 Å². The van der Waals surface area contributed by atoms with E-state index in [2.05, 4.69) is 16.9 Å². The Morgan fingerprint density at radius 3 is 2.69 bits per heavy atom. The number of aryl methyl sites for hydroxylation is 1. The molecule has 1 aliphatic carbocycles. The van der Waals surface area contributed by atoms with Crippen LogP contribution in [0, 0.1) is 12.8 Å². The fraction of sp³-hybridized carbons (Fsp3) is 0.667. The first kappa shape index (κ1) is 11.2. The van der Waals surface area contributed by atoms with Crippen LogP contribution in [0.5, 0.6) is 5.88 Å². The van der Waals surface area contributed by atoms with Gasteiger partial charge < -0.3 is 10.5 Å². The first-order valence-corrected chi connectivity index (χ1v) is 5.91. The summed E-state index contributed by atoms with van der Waals surface area (Å²) in [4.78, 5) is 8.06. The lowest BCUT2D eigenvalue weighted by atomic mass is 9.89. The number of hydrogen-bond donors (Lipinski definition) is 1. The topological polar surface area (TPSA) is 61.0 Å². The molecule has 0 saturated heterocycles. The zero-order valence-corrected chi connectivity index (χ0v) is 9.94. The van der Waals surface area contributed by atoms with Gasteiger partial charge in [-0.15, -0.1) is 0 Å². The molecule has 88 valence electrons. The van der Waals surface area contributed by atoms with Gasteiger partial charge in [0.25, 0.3) is 0 Å². The Balaban J connectivity index is 2.00. The molecule has 1 aromatic heterocycles. The molecule has 0 spiro atoms. The van der Waals surface area contributed by atoms with Gasteiger partial charge in [0.2, 0.25) is 11.8 Å². The Morgan fingerprint density at radius 2 is 2.00 bits per heavy atom. The molecule has 2 rings (SSSR count). The maximum atomic E-state index is 5.88. The first-order valence-electron chi connectivity index (χ1n) is 5.91. The van der Waals surface area contributed by atoms with Crippen LogP contribution in [0.25, 0.3) is 0 Å². The predicted octanol–water partition coefficient (Wildman–Crippen LogP) is 2.32. The molecule has 16 heavy (non-hydrogen) atoms. The number of nitrogens with zero attached hydrogens (tertiary/aromatic N) is 2. The minimum absolute atomic E-state index is 0.282. The van der Waals surface area contributed by atoms with Gasteiger partial charge >= 0.3 is 0 Å². The van der Waals surface area contributed by atoms with E-state index >= 15 is 0 Å². The molecule has 0 radical (unpaired) electrons. The molecule has 4 nitrogen and oxygen atoms in total. The maximum Gasteiger partial charge on any atom is 0.223 e. The number of ether oxygens (including phenoxy) is 1. The molecule has 0 aliphatic heterocycles. The molecule has 1 aromatic rings. The van der Waals surface area contributed by atoms with E-state index < -0.39 is 0 Å². The Kier molecular flexibility index (Phi) is 3.27. The van der Waals surface area contributed by atoms with E-state index in [-0.39, 0.29) is 5.95 Å². The summed E-state index contributed by atoms with van der Waals surface area (Å²) in [7, 11) is 0. The lowest BCUT2D eigenvalue weighted by Crippen LogP contribution is -2.24. The van der Waals surface area contributed by atoms with Crippen molar-refractivity contribution in [3.8, 4) is 5.88 Å². The molecule has 0 aromatic carbocycles. The molecule has 0 amide bonds. The average Bonchev–Trinajstić information content (AvgIpc) is 2.27. The summed E-state index contributed by atoms with van der Waals surface area (Å²) < 4.78 is 5.88. The van der Waals surface area contributed by atoms with Gasteiger partial charge in [-0.25, -0.2) is 4.98 Å². The van der Waals surface area contributed by atoms with Gasteiger partial charge in [-0.3, -0.25) is 0 Å². The number of anilines is 1. The first-order chi connectivity index (χ1) is 7.65. The Labute approximate surface area is 96.2 Å². The average molecular weight is 221 g/mol. The van der Waals surface area contributed by atoms with Gasteiger partial charge in [0, 0.05) is 11.8 Å². The Morgan fingerprint density at radius 1 is 1.31 bits per heavy atom. The zero-order chi connectivity index (χ0) is 11.5. The van der Waals surface area contributed by atoms with Crippen LogP contribution in [0.3, 0.4) is 0 Å². The van der Waals surface area contributed by atoms with Gasteiger partial charge in [0.1, 0.15) is 6.10 Å². The summed E-state index contributed by atoms with van der Waals surface area (Å²) in [6, 6.07) is 0. The van der Waals surface area contributed by atoms with E-state index in [1.807, 2.05) is 6.92 Å². The molecule has 1 heterocycles. The third-order valence-corrected chi connectivity index (χ3v) is 3.19. The van der Waals surface area contributed by atoms with E-state index in [1.54, 1.807) is 6.20 Å². The fourth-order valence-electron chi connectivity index (χ4n) is 2.06. The largest absolute Gasteiger partial charge is 0.474 e. The van der Waals surface area contributed by atoms with Gasteiger partial charge in [-0.2, -0.15) is 4.98 Å². The predicted molar refractivity (Wildman–Crippen MR) is 63.2 cm³/mol. The molecular formula is C12H19N3O. The third-order valence-electron chi connectivity index (χ3n) is 3.19. The summed E-state index contributed by atoms with van der Waals surface area (Å²) in [6.07, 6.45) is 6.72. The second kappa shape index (κ2) is 4.68. The van der Waals surface area contributed by atoms with Crippen LogP contribution in [0.2, 0.25) is 0 Å². The maximum absolute atomic E-state index is 5.88. The molecule has 2 N–H and O–H groups in total. The van der Waals surface area contributed by atoms with E-state index in [1.165, 1.54) is 12.8 Å². The van der Waals surface area contributed by atoms with Gasteiger partial charge in [0.15, 0.2) is 0 Å². The van der Waals surface area contributed by atoms with Crippen molar-refractivity contribution in [1.29, 1.82) is 0 Å². The van der Waals surface area contributed by atoms with Gasteiger partial charge in [0.05, 0.1) is 0 Å². The highest BCUT2D eigenvalue weighted by Gasteiger charge is 2.20. The second-order valence-electron chi connectivity index (χ2n) is 4.72. The van der Waals surface area contributed by atoms with Gasteiger partial charge in [-0.05, 0) is 38.5 Å². The van der Waals surface area contributed by atoms with E-state index in [0.717, 1.165) is 24.3 Å². The molecule has 1 aliphatic rings. The Bertz CT molecular complexity index is 359. The molecule has 1 fully saturated rings. The standard InChI is InChI=1S/C12H19N3O/c1-8-3-5-10(6-4-8)16-11-9(2)7-14-12(13)15-11/h7-8,10H,3-6H2,1-2H3,(H2,13,14,15). The van der Waals surface area contributed by atoms with E-state index in [0.29, 0.717) is 12.0 Å². The molecule has 0 bridgehead atoms. The highest BCUT2D eigenvalue weighted by atomic mass is 16.5. The van der Waals surface area contributed by atoms with Crippen molar-refractivity contribution >= 4 is 5.95 Å². The van der Waals surface area contributed by atoms with Crippen molar-refractivity contribution in [3.63, 3.8) is 0 Å². The molecule has 4 heteroatoms. The normalized spacial score (nSPS) is 25.4. The summed E-state index contributed by atoms with van der Waals surface area (Å²) in [6.45, 7) is 4.24. The molecule has 0 unspecified atom stereocenters. The lowest BCUT2D eigenvalue weighted by Gasteiger charge is -2.26. The van der Waals surface area contributed by atoms with Crippen LogP contribution < -0.4 is 10.5 Å². The SMILES string of the molecule is Cc1cnc(N)nc1OC1CCC(C)CC1.